The normalized spacial score (nSPS) is 11.6. The molecule has 0 unspecified atom stereocenters. The lowest BCUT2D eigenvalue weighted by Crippen LogP contribution is -2.10. The Hall–Kier alpha value is -6.94. The average molecular weight is 720 g/mol. The maximum Gasteiger partial charge on any atom is 0.136 e. The summed E-state index contributed by atoms with van der Waals surface area (Å²) in [6, 6.07) is 72.2. The van der Waals surface area contributed by atoms with Crippen molar-refractivity contribution in [3.8, 4) is 33.4 Å². The summed E-state index contributed by atoms with van der Waals surface area (Å²) < 4.78 is 8.82. The second-order valence-corrected chi connectivity index (χ2v) is 15.1. The lowest BCUT2D eigenvalue weighted by Gasteiger charge is -2.26. The Morgan fingerprint density at radius 3 is 1.78 bits per heavy atom. The fraction of sp³-hybridized carbons (Fsp3) is 0. The molecule has 0 aliphatic rings. The van der Waals surface area contributed by atoms with Crippen molar-refractivity contribution < 1.29 is 4.42 Å². The molecule has 0 aliphatic carbocycles. The smallest absolute Gasteiger partial charge is 0.136 e. The highest BCUT2D eigenvalue weighted by Gasteiger charge is 2.20. The molecule has 11 rings (SSSR count). The van der Waals surface area contributed by atoms with Gasteiger partial charge in [-0.3, -0.25) is 0 Å². The van der Waals surface area contributed by atoms with Crippen molar-refractivity contribution >= 4 is 81.3 Å². The molecular formula is C52H33NOS. The number of rotatable bonds is 6. The fourth-order valence-electron chi connectivity index (χ4n) is 8.24. The predicted octanol–water partition coefficient (Wildman–Crippen LogP) is 15.6. The zero-order chi connectivity index (χ0) is 36.3. The molecule has 11 aromatic rings. The monoisotopic (exact) mass is 719 g/mol. The van der Waals surface area contributed by atoms with E-state index in [-0.39, 0.29) is 0 Å². The van der Waals surface area contributed by atoms with E-state index in [0.29, 0.717) is 0 Å². The van der Waals surface area contributed by atoms with Gasteiger partial charge in [-0.15, -0.1) is 11.3 Å². The van der Waals surface area contributed by atoms with Gasteiger partial charge in [0.2, 0.25) is 0 Å². The summed E-state index contributed by atoms with van der Waals surface area (Å²) in [5.41, 5.74) is 12.5. The molecule has 0 radical (unpaired) electrons. The number of nitrogens with zero attached hydrogens (tertiary/aromatic N) is 1. The molecule has 0 saturated carbocycles. The Balaban J connectivity index is 1.09. The molecule has 0 fully saturated rings. The molecule has 2 nitrogen and oxygen atoms in total. The van der Waals surface area contributed by atoms with Crippen LogP contribution < -0.4 is 4.90 Å². The summed E-state index contributed by atoms with van der Waals surface area (Å²) >= 11 is 1.88. The Kier molecular flexibility index (Phi) is 7.39. The first-order valence-electron chi connectivity index (χ1n) is 18.7. The van der Waals surface area contributed by atoms with E-state index in [9.17, 15) is 0 Å². The van der Waals surface area contributed by atoms with E-state index in [0.717, 1.165) is 44.6 Å². The first-order valence-corrected chi connectivity index (χ1v) is 19.5. The quantitative estimate of drug-likeness (QED) is 0.170. The van der Waals surface area contributed by atoms with Crippen molar-refractivity contribution in [1.82, 2.24) is 0 Å². The molecule has 0 N–H and O–H groups in total. The Labute approximate surface area is 322 Å². The van der Waals surface area contributed by atoms with E-state index in [2.05, 4.69) is 193 Å². The number of hydrogen-bond donors (Lipinski definition) is 0. The van der Waals surface area contributed by atoms with Crippen LogP contribution in [0.25, 0.3) is 86.3 Å². The number of para-hydroxylation sites is 1. The number of furan rings is 1. The third-order valence-corrected chi connectivity index (χ3v) is 12.1. The maximum atomic E-state index is 6.26. The van der Waals surface area contributed by atoms with Gasteiger partial charge >= 0.3 is 0 Å². The van der Waals surface area contributed by atoms with Crippen LogP contribution >= 0.6 is 11.3 Å². The van der Waals surface area contributed by atoms with Gasteiger partial charge in [0.25, 0.3) is 0 Å². The summed E-state index contributed by atoms with van der Waals surface area (Å²) in [5.74, 6) is 0. The first kappa shape index (κ1) is 31.6. The van der Waals surface area contributed by atoms with Gasteiger partial charge in [-0.1, -0.05) is 152 Å². The molecule has 0 amide bonds. The van der Waals surface area contributed by atoms with Crippen LogP contribution in [0.4, 0.5) is 17.1 Å². The van der Waals surface area contributed by atoms with E-state index < -0.39 is 0 Å². The average Bonchev–Trinajstić information content (AvgIpc) is 3.84. The van der Waals surface area contributed by atoms with E-state index in [1.807, 2.05) is 23.5 Å². The van der Waals surface area contributed by atoms with Crippen LogP contribution in [0.3, 0.4) is 0 Å². The number of anilines is 3. The Bertz CT molecular complexity index is 3190. The molecule has 3 heteroatoms. The number of benzene rings is 9. The summed E-state index contributed by atoms with van der Waals surface area (Å²) in [5, 5.41) is 7.25. The highest BCUT2D eigenvalue weighted by molar-refractivity contribution is 7.27. The van der Waals surface area contributed by atoms with Gasteiger partial charge in [0, 0.05) is 37.6 Å². The van der Waals surface area contributed by atoms with Crippen LogP contribution in [-0.2, 0) is 0 Å². The van der Waals surface area contributed by atoms with E-state index in [4.69, 9.17) is 4.42 Å². The van der Waals surface area contributed by atoms with Gasteiger partial charge in [-0.25, -0.2) is 0 Å². The molecule has 9 aromatic carbocycles. The molecule has 0 saturated heterocycles. The second kappa shape index (κ2) is 12.9. The van der Waals surface area contributed by atoms with E-state index in [1.165, 1.54) is 58.8 Å². The summed E-state index contributed by atoms with van der Waals surface area (Å²) in [4.78, 5) is 2.43. The van der Waals surface area contributed by atoms with Gasteiger partial charge in [-0.05, 0) is 92.7 Å². The molecule has 0 bridgehead atoms. The lowest BCUT2D eigenvalue weighted by atomic mass is 9.98. The summed E-state index contributed by atoms with van der Waals surface area (Å²) in [6.45, 7) is 0. The van der Waals surface area contributed by atoms with Crippen molar-refractivity contribution in [2.24, 2.45) is 0 Å². The van der Waals surface area contributed by atoms with Gasteiger partial charge in [0.05, 0.1) is 10.4 Å². The van der Waals surface area contributed by atoms with Crippen LogP contribution in [0.15, 0.2) is 205 Å². The minimum Gasteiger partial charge on any atom is -0.456 e. The van der Waals surface area contributed by atoms with Gasteiger partial charge < -0.3 is 9.32 Å². The maximum absolute atomic E-state index is 6.26. The van der Waals surface area contributed by atoms with Crippen LogP contribution in [0.2, 0.25) is 0 Å². The molecule has 258 valence electrons. The molecule has 0 aliphatic heterocycles. The predicted molar refractivity (Wildman–Crippen MR) is 235 cm³/mol. The molecule has 2 aromatic heterocycles. The number of fused-ring (bicyclic) bond motifs is 7. The second-order valence-electron chi connectivity index (χ2n) is 14.1. The number of hydrogen-bond acceptors (Lipinski definition) is 3. The zero-order valence-corrected chi connectivity index (χ0v) is 30.6. The fourth-order valence-corrected chi connectivity index (χ4v) is 9.58. The zero-order valence-electron chi connectivity index (χ0n) is 29.8. The van der Waals surface area contributed by atoms with Gasteiger partial charge in [0.1, 0.15) is 11.2 Å². The minimum absolute atomic E-state index is 0.905. The standard InChI is InChI=1S/C52H33NOS/c1-3-12-34(13-4-1)37-24-25-39-33-41(31-28-38(39)32-37)53(40-29-26-36(27-30-40)42-17-11-23-49-50(42)46-16-7-8-22-48(46)54-49)47-21-10-20-45-44-19-9-18-43(51(44)55-52(45)47)35-14-5-2-6-15-35/h1-33H. The highest BCUT2D eigenvalue weighted by Crippen LogP contribution is 2.48. The topological polar surface area (TPSA) is 16.4 Å². The van der Waals surface area contributed by atoms with Crippen LogP contribution in [0, 0.1) is 0 Å². The van der Waals surface area contributed by atoms with Gasteiger partial charge in [0.15, 0.2) is 0 Å². The SMILES string of the molecule is c1ccc(-c2ccc3cc(N(c4ccc(-c5cccc6oc7ccccc7c56)cc4)c4cccc5c4sc4c(-c6ccccc6)cccc45)ccc3c2)cc1. The van der Waals surface area contributed by atoms with Crippen molar-refractivity contribution in [3.05, 3.63) is 200 Å². The molecule has 0 spiro atoms. The first-order chi connectivity index (χ1) is 27.3. The lowest BCUT2D eigenvalue weighted by molar-refractivity contribution is 0.669. The van der Waals surface area contributed by atoms with Crippen LogP contribution in [-0.4, -0.2) is 0 Å². The third kappa shape index (κ3) is 5.32. The molecule has 0 atom stereocenters. The van der Waals surface area contributed by atoms with E-state index in [1.54, 1.807) is 0 Å². The van der Waals surface area contributed by atoms with Crippen LogP contribution in [0.1, 0.15) is 0 Å². The number of thiophene rings is 1. The molecule has 2 heterocycles. The Morgan fingerprint density at radius 2 is 0.945 bits per heavy atom. The van der Waals surface area contributed by atoms with Crippen molar-refractivity contribution in [2.75, 3.05) is 4.90 Å². The van der Waals surface area contributed by atoms with Crippen molar-refractivity contribution in [3.63, 3.8) is 0 Å². The minimum atomic E-state index is 0.905. The molecular weight excluding hydrogens is 687 g/mol. The summed E-state index contributed by atoms with van der Waals surface area (Å²) in [7, 11) is 0. The Morgan fingerprint density at radius 1 is 0.364 bits per heavy atom. The third-order valence-electron chi connectivity index (χ3n) is 10.9. The highest BCUT2D eigenvalue weighted by atomic mass is 32.1. The molecule has 55 heavy (non-hydrogen) atoms. The van der Waals surface area contributed by atoms with Crippen LogP contribution in [0.5, 0.6) is 0 Å². The summed E-state index contributed by atoms with van der Waals surface area (Å²) in [6.07, 6.45) is 0. The van der Waals surface area contributed by atoms with Crippen molar-refractivity contribution in [2.45, 2.75) is 0 Å². The van der Waals surface area contributed by atoms with E-state index >= 15 is 0 Å². The van der Waals surface area contributed by atoms with Gasteiger partial charge in [-0.2, -0.15) is 0 Å². The van der Waals surface area contributed by atoms with Crippen molar-refractivity contribution in [1.29, 1.82) is 0 Å². The largest absolute Gasteiger partial charge is 0.456 e.